The molecule has 5 heteroatoms. The molecule has 0 radical (unpaired) electrons. The Balaban J connectivity index is 3.00. The summed E-state index contributed by atoms with van der Waals surface area (Å²) in [6.07, 6.45) is 0.195. The van der Waals surface area contributed by atoms with Crippen LogP contribution in [0.2, 0.25) is 0 Å². The first kappa shape index (κ1) is 8.27. The molecule has 0 amide bonds. The lowest BCUT2D eigenvalue weighted by Gasteiger charge is -2.05. The predicted octanol–water partition coefficient (Wildman–Crippen LogP) is 1.65. The number of alkyl halides is 1. The lowest BCUT2D eigenvalue weighted by molar-refractivity contribution is 0.529. The first-order chi connectivity index (χ1) is 4.21. The zero-order valence-corrected chi connectivity index (χ0v) is 7.26. The standard InChI is InChI=1S/C5H8ClFO2S/c1-4(2)3-5(4,6)10(7,8)9/h3H2,1-2H3. The molecule has 0 heterocycles. The van der Waals surface area contributed by atoms with Gasteiger partial charge >= 0.3 is 10.2 Å². The molecule has 1 rings (SSSR count). The molecule has 1 fully saturated rings. The summed E-state index contributed by atoms with van der Waals surface area (Å²) in [6.45, 7) is 3.24. The van der Waals surface area contributed by atoms with Gasteiger partial charge in [-0.2, -0.15) is 8.42 Å². The topological polar surface area (TPSA) is 34.1 Å². The van der Waals surface area contributed by atoms with E-state index in [1.54, 1.807) is 13.8 Å². The van der Waals surface area contributed by atoms with Crippen LogP contribution in [0, 0.1) is 5.41 Å². The maximum atomic E-state index is 12.3. The van der Waals surface area contributed by atoms with E-state index in [-0.39, 0.29) is 6.42 Å². The highest BCUT2D eigenvalue weighted by molar-refractivity contribution is 7.89. The van der Waals surface area contributed by atoms with Gasteiger partial charge in [0.25, 0.3) is 0 Å². The van der Waals surface area contributed by atoms with Gasteiger partial charge in [0.15, 0.2) is 4.21 Å². The Morgan fingerprint density at radius 3 is 1.80 bits per heavy atom. The zero-order chi connectivity index (χ0) is 8.21. The van der Waals surface area contributed by atoms with Gasteiger partial charge in [-0.05, 0) is 6.42 Å². The van der Waals surface area contributed by atoms with Gasteiger partial charge in [-0.25, -0.2) is 0 Å². The largest absolute Gasteiger partial charge is 0.322 e. The second kappa shape index (κ2) is 1.67. The molecule has 0 spiro atoms. The van der Waals surface area contributed by atoms with E-state index in [4.69, 9.17) is 11.6 Å². The van der Waals surface area contributed by atoms with E-state index in [1.165, 1.54) is 0 Å². The first-order valence-corrected chi connectivity index (χ1v) is 4.60. The van der Waals surface area contributed by atoms with Gasteiger partial charge in [0.1, 0.15) is 0 Å². The van der Waals surface area contributed by atoms with Crippen LogP contribution in [0.3, 0.4) is 0 Å². The average Bonchev–Trinajstić information content (AvgIpc) is 2.05. The van der Waals surface area contributed by atoms with E-state index in [2.05, 4.69) is 0 Å². The van der Waals surface area contributed by atoms with Crippen molar-refractivity contribution in [1.29, 1.82) is 0 Å². The Labute approximate surface area is 64.6 Å². The molecule has 1 saturated carbocycles. The van der Waals surface area contributed by atoms with Crippen LogP contribution in [0.25, 0.3) is 0 Å². The van der Waals surface area contributed by atoms with Crippen molar-refractivity contribution in [3.8, 4) is 0 Å². The molecule has 60 valence electrons. The third kappa shape index (κ3) is 0.855. The van der Waals surface area contributed by atoms with Crippen LogP contribution < -0.4 is 0 Å². The third-order valence-corrected chi connectivity index (χ3v) is 4.61. The smallest absolute Gasteiger partial charge is 0.193 e. The second-order valence-corrected chi connectivity index (χ2v) is 5.67. The highest BCUT2D eigenvalue weighted by Crippen LogP contribution is 2.64. The van der Waals surface area contributed by atoms with Crippen molar-refractivity contribution in [2.75, 3.05) is 0 Å². The summed E-state index contributed by atoms with van der Waals surface area (Å²) >= 11 is 5.45. The molecule has 0 bridgehead atoms. The maximum absolute atomic E-state index is 12.3. The Hall–Kier alpha value is 0.170. The second-order valence-electron chi connectivity index (χ2n) is 3.23. The van der Waals surface area contributed by atoms with E-state index in [0.29, 0.717) is 0 Å². The summed E-state index contributed by atoms with van der Waals surface area (Å²) in [5.41, 5.74) is -0.609. The van der Waals surface area contributed by atoms with Gasteiger partial charge in [0, 0.05) is 5.41 Å². The lowest BCUT2D eigenvalue weighted by Crippen LogP contribution is -2.17. The highest BCUT2D eigenvalue weighted by atomic mass is 35.5. The van der Waals surface area contributed by atoms with Gasteiger partial charge in [-0.3, -0.25) is 0 Å². The molecule has 0 saturated heterocycles. The molecule has 0 aromatic rings. The quantitative estimate of drug-likeness (QED) is 0.461. The third-order valence-electron chi connectivity index (χ3n) is 1.94. The summed E-state index contributed by atoms with van der Waals surface area (Å²) in [5, 5.41) is 0. The Kier molecular flexibility index (Phi) is 1.38. The molecular weight excluding hydrogens is 179 g/mol. The van der Waals surface area contributed by atoms with E-state index in [9.17, 15) is 12.3 Å². The van der Waals surface area contributed by atoms with Gasteiger partial charge in [-0.1, -0.05) is 25.4 Å². The van der Waals surface area contributed by atoms with Crippen LogP contribution in [0.4, 0.5) is 3.89 Å². The molecule has 1 aliphatic rings. The highest BCUT2D eigenvalue weighted by Gasteiger charge is 2.69. The van der Waals surface area contributed by atoms with Crippen molar-refractivity contribution in [3.05, 3.63) is 0 Å². The fourth-order valence-corrected chi connectivity index (χ4v) is 2.47. The van der Waals surface area contributed by atoms with Crippen LogP contribution in [0.15, 0.2) is 0 Å². The first-order valence-electron chi connectivity index (χ1n) is 2.84. The fourth-order valence-electron chi connectivity index (χ4n) is 0.940. The molecule has 0 aromatic heterocycles. The Bertz CT molecular complexity index is 259. The molecule has 0 N–H and O–H groups in total. The monoisotopic (exact) mass is 186 g/mol. The van der Waals surface area contributed by atoms with Crippen LogP contribution in [-0.2, 0) is 10.2 Å². The van der Waals surface area contributed by atoms with Gasteiger partial charge in [-0.15, -0.1) is 3.89 Å². The van der Waals surface area contributed by atoms with Crippen molar-refractivity contribution >= 4 is 21.8 Å². The minimum atomic E-state index is -4.57. The van der Waals surface area contributed by atoms with Crippen molar-refractivity contribution in [1.82, 2.24) is 0 Å². The number of halogens is 2. The van der Waals surface area contributed by atoms with Gasteiger partial charge < -0.3 is 0 Å². The van der Waals surface area contributed by atoms with Crippen LogP contribution >= 0.6 is 11.6 Å². The maximum Gasteiger partial charge on any atom is 0.322 e. The summed E-state index contributed by atoms with van der Waals surface area (Å²) in [4.78, 5) is 0. The summed E-state index contributed by atoms with van der Waals surface area (Å²) in [6, 6.07) is 0. The normalized spacial score (nSPS) is 37.6. The van der Waals surface area contributed by atoms with Crippen LogP contribution in [0.1, 0.15) is 20.3 Å². The van der Waals surface area contributed by atoms with Crippen LogP contribution in [0.5, 0.6) is 0 Å². The zero-order valence-electron chi connectivity index (χ0n) is 5.69. The summed E-state index contributed by atoms with van der Waals surface area (Å²) in [7, 11) is -4.57. The number of rotatable bonds is 1. The van der Waals surface area contributed by atoms with E-state index in [1.807, 2.05) is 0 Å². The van der Waals surface area contributed by atoms with E-state index < -0.39 is 19.8 Å². The minimum Gasteiger partial charge on any atom is -0.193 e. The van der Waals surface area contributed by atoms with Crippen LogP contribution in [-0.4, -0.2) is 12.6 Å². The SMILES string of the molecule is CC1(C)CC1(Cl)S(=O)(=O)F. The molecule has 10 heavy (non-hydrogen) atoms. The van der Waals surface area contributed by atoms with Gasteiger partial charge in [0.2, 0.25) is 0 Å². The van der Waals surface area contributed by atoms with Crippen molar-refractivity contribution in [3.63, 3.8) is 0 Å². The van der Waals surface area contributed by atoms with E-state index >= 15 is 0 Å². The Morgan fingerprint density at radius 2 is 1.80 bits per heavy atom. The molecule has 0 aromatic carbocycles. The number of hydrogen-bond acceptors (Lipinski definition) is 2. The van der Waals surface area contributed by atoms with Gasteiger partial charge in [0.05, 0.1) is 0 Å². The van der Waals surface area contributed by atoms with Crippen molar-refractivity contribution in [2.24, 2.45) is 5.41 Å². The van der Waals surface area contributed by atoms with Crippen molar-refractivity contribution < 1.29 is 12.3 Å². The molecule has 1 aliphatic carbocycles. The molecular formula is C5H8ClFO2S. The lowest BCUT2D eigenvalue weighted by atomic mass is 10.2. The molecule has 0 aliphatic heterocycles. The fraction of sp³-hybridized carbons (Fsp3) is 1.00. The minimum absolute atomic E-state index is 0.195. The number of hydrogen-bond donors (Lipinski definition) is 0. The Morgan fingerprint density at radius 1 is 1.50 bits per heavy atom. The molecule has 1 atom stereocenters. The molecule has 2 nitrogen and oxygen atoms in total. The average molecular weight is 187 g/mol. The summed E-state index contributed by atoms with van der Waals surface area (Å²) < 4.78 is 31.3. The summed E-state index contributed by atoms with van der Waals surface area (Å²) in [5.74, 6) is 0. The predicted molar refractivity (Wildman–Crippen MR) is 37.0 cm³/mol. The van der Waals surface area contributed by atoms with E-state index in [0.717, 1.165) is 0 Å². The van der Waals surface area contributed by atoms with Crippen molar-refractivity contribution in [2.45, 2.75) is 24.5 Å². The molecule has 1 unspecified atom stereocenters.